The van der Waals surface area contributed by atoms with E-state index in [4.69, 9.17) is 4.74 Å². The molecule has 1 aromatic heterocycles. The third-order valence-corrected chi connectivity index (χ3v) is 3.35. The van der Waals surface area contributed by atoms with Crippen LogP contribution in [0, 0.1) is 11.3 Å². The quantitative estimate of drug-likeness (QED) is 0.713. The summed E-state index contributed by atoms with van der Waals surface area (Å²) in [6.45, 7) is 4.00. The van der Waals surface area contributed by atoms with Gasteiger partial charge >= 0.3 is 0 Å². The zero-order valence-electron chi connectivity index (χ0n) is 13.3. The highest BCUT2D eigenvalue weighted by molar-refractivity contribution is 5.96. The number of nitrogens with zero attached hydrogens (tertiary/aromatic N) is 3. The molecule has 2 aromatic carbocycles. The molecule has 0 unspecified atom stereocenters. The van der Waals surface area contributed by atoms with E-state index in [1.807, 2.05) is 56.3 Å². The van der Waals surface area contributed by atoms with Gasteiger partial charge in [0.1, 0.15) is 23.0 Å². The fraction of sp³-hybridized carbons (Fsp3) is 0.222. The van der Waals surface area contributed by atoms with Crippen molar-refractivity contribution in [3.8, 4) is 22.9 Å². The zero-order chi connectivity index (χ0) is 16.1. The van der Waals surface area contributed by atoms with Crippen molar-refractivity contribution in [3.05, 3.63) is 48.2 Å². The van der Waals surface area contributed by atoms with Crippen LogP contribution in [0.15, 0.2) is 42.5 Å². The van der Waals surface area contributed by atoms with Crippen LogP contribution in [-0.2, 0) is 7.05 Å². The third-order valence-electron chi connectivity index (χ3n) is 3.35. The fourth-order valence-electron chi connectivity index (χ4n) is 2.37. The van der Waals surface area contributed by atoms with Crippen LogP contribution < -0.4 is 4.74 Å². The lowest BCUT2D eigenvalue weighted by Gasteiger charge is -2.05. The number of fused-ring (bicyclic) bond motifs is 1. The Bertz CT molecular complexity index is 828. The van der Waals surface area contributed by atoms with E-state index in [0.717, 1.165) is 27.8 Å². The first-order valence-corrected chi connectivity index (χ1v) is 7.25. The first-order valence-electron chi connectivity index (χ1n) is 7.25. The summed E-state index contributed by atoms with van der Waals surface area (Å²) in [5.41, 5.74) is 3.43. The first-order chi connectivity index (χ1) is 10.7. The molecular weight excluding hydrogens is 274 g/mol. The number of aromatic nitrogens is 2. The monoisotopic (exact) mass is 293 g/mol. The van der Waals surface area contributed by atoms with Gasteiger partial charge in [0.25, 0.3) is 0 Å². The normalized spacial score (nSPS) is 9.77. The summed E-state index contributed by atoms with van der Waals surface area (Å²) in [4.78, 5) is 0. The van der Waals surface area contributed by atoms with E-state index in [0.29, 0.717) is 5.69 Å². The molecule has 0 amide bonds. The lowest BCUT2D eigenvalue weighted by atomic mass is 10.0. The summed E-state index contributed by atoms with van der Waals surface area (Å²) in [5.74, 6) is 0.802. The van der Waals surface area contributed by atoms with Crippen LogP contribution >= 0.6 is 0 Å². The molecule has 0 aliphatic carbocycles. The Balaban J connectivity index is 0.000000847. The summed E-state index contributed by atoms with van der Waals surface area (Å²) in [5, 5.41) is 14.6. The van der Waals surface area contributed by atoms with Gasteiger partial charge in [-0.25, -0.2) is 0 Å². The summed E-state index contributed by atoms with van der Waals surface area (Å²) in [7, 11) is 3.43. The van der Waals surface area contributed by atoms with Crippen molar-refractivity contribution in [1.82, 2.24) is 9.78 Å². The second kappa shape index (κ2) is 6.77. The van der Waals surface area contributed by atoms with Gasteiger partial charge in [-0.15, -0.1) is 0 Å². The van der Waals surface area contributed by atoms with Crippen LogP contribution in [0.5, 0.6) is 5.75 Å². The lowest BCUT2D eigenvalue weighted by Crippen LogP contribution is -1.92. The Kier molecular flexibility index (Phi) is 4.80. The number of hydrogen-bond donors (Lipinski definition) is 0. The molecule has 0 spiro atoms. The molecule has 3 aromatic rings. The standard InChI is InChI=1S/C16H13N3O.C2H6/c1-19-15(10-17)14-8-4-7-13(16(14)18-19)11-5-3-6-12(9-11)20-2;1-2/h3-9H,1-2H3;1-2H3. The van der Waals surface area contributed by atoms with Crippen molar-refractivity contribution in [1.29, 1.82) is 5.26 Å². The van der Waals surface area contributed by atoms with E-state index in [1.165, 1.54) is 0 Å². The van der Waals surface area contributed by atoms with Crippen molar-refractivity contribution in [2.75, 3.05) is 7.11 Å². The van der Waals surface area contributed by atoms with Crippen LogP contribution in [-0.4, -0.2) is 16.9 Å². The number of ether oxygens (including phenoxy) is 1. The summed E-state index contributed by atoms with van der Waals surface area (Å²) < 4.78 is 6.88. The molecule has 0 bridgehead atoms. The van der Waals surface area contributed by atoms with Gasteiger partial charge in [0.05, 0.1) is 7.11 Å². The van der Waals surface area contributed by atoms with Gasteiger partial charge in [0.2, 0.25) is 0 Å². The molecule has 0 atom stereocenters. The highest BCUT2D eigenvalue weighted by Gasteiger charge is 2.12. The minimum Gasteiger partial charge on any atom is -0.497 e. The van der Waals surface area contributed by atoms with Gasteiger partial charge in [-0.1, -0.05) is 38.1 Å². The molecule has 4 nitrogen and oxygen atoms in total. The largest absolute Gasteiger partial charge is 0.497 e. The molecule has 0 radical (unpaired) electrons. The number of rotatable bonds is 2. The maximum atomic E-state index is 9.22. The zero-order valence-corrected chi connectivity index (χ0v) is 13.3. The molecule has 0 saturated carbocycles. The van der Waals surface area contributed by atoms with Crippen LogP contribution in [0.3, 0.4) is 0 Å². The van der Waals surface area contributed by atoms with Gasteiger partial charge in [-0.05, 0) is 23.8 Å². The number of methoxy groups -OCH3 is 1. The molecule has 0 aliphatic heterocycles. The SMILES string of the molecule is CC.COc1cccc(-c2cccc3c(C#N)n(C)nc23)c1. The second-order valence-corrected chi connectivity index (χ2v) is 4.52. The lowest BCUT2D eigenvalue weighted by molar-refractivity contribution is 0.415. The maximum Gasteiger partial charge on any atom is 0.146 e. The third kappa shape index (κ3) is 2.66. The van der Waals surface area contributed by atoms with Gasteiger partial charge < -0.3 is 4.74 Å². The van der Waals surface area contributed by atoms with Crippen LogP contribution in [0.4, 0.5) is 0 Å². The van der Waals surface area contributed by atoms with Crippen LogP contribution in [0.2, 0.25) is 0 Å². The first kappa shape index (κ1) is 15.6. The van der Waals surface area contributed by atoms with Crippen molar-refractivity contribution >= 4 is 10.9 Å². The molecule has 0 saturated heterocycles. The van der Waals surface area contributed by atoms with E-state index in [-0.39, 0.29) is 0 Å². The summed E-state index contributed by atoms with van der Waals surface area (Å²) in [6.07, 6.45) is 0. The second-order valence-electron chi connectivity index (χ2n) is 4.52. The van der Waals surface area contributed by atoms with Crippen LogP contribution in [0.25, 0.3) is 22.0 Å². The average molecular weight is 293 g/mol. The van der Waals surface area contributed by atoms with Crippen LogP contribution in [0.1, 0.15) is 19.5 Å². The minimum absolute atomic E-state index is 0.574. The topological polar surface area (TPSA) is 50.8 Å². The number of hydrogen-bond acceptors (Lipinski definition) is 3. The molecule has 112 valence electrons. The summed E-state index contributed by atoms with van der Waals surface area (Å²) >= 11 is 0. The Hall–Kier alpha value is -2.80. The van der Waals surface area contributed by atoms with Gasteiger partial charge in [-0.2, -0.15) is 10.4 Å². The molecule has 0 N–H and O–H groups in total. The van der Waals surface area contributed by atoms with E-state index in [9.17, 15) is 5.26 Å². The summed E-state index contributed by atoms with van der Waals surface area (Å²) in [6, 6.07) is 15.9. The van der Waals surface area contributed by atoms with E-state index in [2.05, 4.69) is 11.2 Å². The number of aryl methyl sites for hydroxylation is 1. The maximum absolute atomic E-state index is 9.22. The Morgan fingerprint density at radius 3 is 2.55 bits per heavy atom. The molecule has 3 rings (SSSR count). The predicted molar refractivity (Wildman–Crippen MR) is 88.8 cm³/mol. The Morgan fingerprint density at radius 2 is 1.86 bits per heavy atom. The average Bonchev–Trinajstić information content (AvgIpc) is 2.91. The van der Waals surface area contributed by atoms with Crippen molar-refractivity contribution in [2.45, 2.75) is 13.8 Å². The predicted octanol–water partition coefficient (Wildman–Crippen LogP) is 4.15. The molecular formula is C18H19N3O. The van der Waals surface area contributed by atoms with Crippen molar-refractivity contribution < 1.29 is 4.74 Å². The molecule has 0 fully saturated rings. The highest BCUT2D eigenvalue weighted by Crippen LogP contribution is 2.31. The minimum atomic E-state index is 0.574. The Labute approximate surface area is 130 Å². The highest BCUT2D eigenvalue weighted by atomic mass is 16.5. The smallest absolute Gasteiger partial charge is 0.146 e. The van der Waals surface area contributed by atoms with E-state index < -0.39 is 0 Å². The van der Waals surface area contributed by atoms with Gasteiger partial charge in [0.15, 0.2) is 0 Å². The van der Waals surface area contributed by atoms with Crippen molar-refractivity contribution in [3.63, 3.8) is 0 Å². The number of benzene rings is 2. The van der Waals surface area contributed by atoms with Gasteiger partial charge in [-0.3, -0.25) is 4.68 Å². The molecule has 4 heteroatoms. The molecule has 0 aliphatic rings. The Morgan fingerprint density at radius 1 is 1.14 bits per heavy atom. The van der Waals surface area contributed by atoms with Crippen molar-refractivity contribution in [2.24, 2.45) is 7.05 Å². The van der Waals surface area contributed by atoms with E-state index >= 15 is 0 Å². The molecule has 22 heavy (non-hydrogen) atoms. The van der Waals surface area contributed by atoms with E-state index in [1.54, 1.807) is 18.8 Å². The fourth-order valence-corrected chi connectivity index (χ4v) is 2.37. The van der Waals surface area contributed by atoms with Gasteiger partial charge in [0, 0.05) is 18.0 Å². The molecule has 1 heterocycles. The number of nitriles is 1.